The molecule has 1 aromatic rings. The number of anilines is 1. The van der Waals surface area contributed by atoms with Gasteiger partial charge >= 0.3 is 0 Å². The van der Waals surface area contributed by atoms with Crippen molar-refractivity contribution in [2.45, 2.75) is 13.3 Å². The normalized spacial score (nSPS) is 17.8. The first-order valence-electron chi connectivity index (χ1n) is 7.83. The summed E-state index contributed by atoms with van der Waals surface area (Å²) in [6.45, 7) is 3.41. The molecule has 3 heteroatoms. The maximum atomic E-state index is 9.09. The van der Waals surface area contributed by atoms with E-state index in [0.717, 1.165) is 12.1 Å². The summed E-state index contributed by atoms with van der Waals surface area (Å²) in [4.78, 5) is 1.98. The molecule has 0 aliphatic heterocycles. The smallest absolute Gasteiger partial charge is 0.0606 e. The Labute approximate surface area is 132 Å². The van der Waals surface area contributed by atoms with Crippen LogP contribution in [0.5, 0.6) is 0 Å². The molecule has 118 valence electrons. The minimum absolute atomic E-state index is 0.0858. The zero-order valence-electron chi connectivity index (χ0n) is 13.2. The number of aliphatic hydroxyl groups excluding tert-OH is 2. The van der Waals surface area contributed by atoms with Crippen molar-refractivity contribution in [1.29, 1.82) is 0 Å². The molecule has 2 rings (SSSR count). The minimum Gasteiger partial charge on any atom is -0.395 e. The molecule has 0 heterocycles. The third-order valence-electron chi connectivity index (χ3n) is 3.99. The molecule has 1 aliphatic carbocycles. The second-order valence-electron chi connectivity index (χ2n) is 5.57. The van der Waals surface area contributed by atoms with Crippen LogP contribution in [0.15, 0.2) is 54.1 Å². The van der Waals surface area contributed by atoms with Crippen LogP contribution in [0.2, 0.25) is 0 Å². The lowest BCUT2D eigenvalue weighted by Crippen LogP contribution is -2.29. The summed E-state index contributed by atoms with van der Waals surface area (Å²) >= 11 is 0. The van der Waals surface area contributed by atoms with E-state index in [1.54, 1.807) is 0 Å². The highest BCUT2D eigenvalue weighted by molar-refractivity contribution is 5.56. The van der Waals surface area contributed by atoms with Gasteiger partial charge in [0, 0.05) is 24.7 Å². The largest absolute Gasteiger partial charge is 0.395 e. The highest BCUT2D eigenvalue weighted by Gasteiger charge is 2.08. The van der Waals surface area contributed by atoms with Crippen molar-refractivity contribution in [3.05, 3.63) is 59.7 Å². The molecule has 0 aromatic heterocycles. The molecule has 3 nitrogen and oxygen atoms in total. The Balaban J connectivity index is 2.02. The molecule has 0 amide bonds. The Morgan fingerprint density at radius 3 is 2.41 bits per heavy atom. The van der Waals surface area contributed by atoms with Gasteiger partial charge in [-0.05, 0) is 31.0 Å². The second kappa shape index (κ2) is 8.57. The van der Waals surface area contributed by atoms with Crippen molar-refractivity contribution in [2.24, 2.45) is 5.92 Å². The first-order chi connectivity index (χ1) is 10.7. The van der Waals surface area contributed by atoms with E-state index in [0.29, 0.717) is 19.0 Å². The van der Waals surface area contributed by atoms with Gasteiger partial charge in [0.15, 0.2) is 0 Å². The number of aliphatic hydroxyl groups is 2. The number of hydrogen-bond acceptors (Lipinski definition) is 3. The molecular formula is C19H25NO2. The van der Waals surface area contributed by atoms with Crippen LogP contribution >= 0.6 is 0 Å². The summed E-state index contributed by atoms with van der Waals surface area (Å²) in [5.74, 6) is 0.491. The Morgan fingerprint density at radius 2 is 1.82 bits per heavy atom. The Kier molecular flexibility index (Phi) is 6.44. The molecule has 0 bridgehead atoms. The topological polar surface area (TPSA) is 43.7 Å². The van der Waals surface area contributed by atoms with Crippen molar-refractivity contribution in [3.63, 3.8) is 0 Å². The SMILES string of the molecule is CC1=CC=CCC1C=Cc1ccc(N(CCO)CCO)cc1. The van der Waals surface area contributed by atoms with E-state index in [2.05, 4.69) is 49.4 Å². The van der Waals surface area contributed by atoms with Gasteiger partial charge < -0.3 is 15.1 Å². The molecule has 2 N–H and O–H groups in total. The van der Waals surface area contributed by atoms with Gasteiger partial charge in [-0.25, -0.2) is 0 Å². The van der Waals surface area contributed by atoms with Crippen LogP contribution in [-0.4, -0.2) is 36.5 Å². The van der Waals surface area contributed by atoms with Gasteiger partial charge in [-0.3, -0.25) is 0 Å². The lowest BCUT2D eigenvalue weighted by Gasteiger charge is -2.23. The monoisotopic (exact) mass is 299 g/mol. The molecule has 0 fully saturated rings. The molecule has 1 aromatic carbocycles. The number of allylic oxidation sites excluding steroid dienone is 5. The zero-order chi connectivity index (χ0) is 15.8. The van der Waals surface area contributed by atoms with Crippen molar-refractivity contribution < 1.29 is 10.2 Å². The number of nitrogens with zero attached hydrogens (tertiary/aromatic N) is 1. The predicted molar refractivity (Wildman–Crippen MR) is 92.9 cm³/mol. The van der Waals surface area contributed by atoms with Crippen LogP contribution in [-0.2, 0) is 0 Å². The number of rotatable bonds is 7. The third kappa shape index (κ3) is 4.58. The molecule has 0 saturated carbocycles. The van der Waals surface area contributed by atoms with Crippen LogP contribution < -0.4 is 4.90 Å². The van der Waals surface area contributed by atoms with Gasteiger partial charge in [0.05, 0.1) is 13.2 Å². The van der Waals surface area contributed by atoms with Gasteiger partial charge in [-0.2, -0.15) is 0 Å². The molecule has 0 saturated heterocycles. The van der Waals surface area contributed by atoms with Crippen molar-refractivity contribution in [2.75, 3.05) is 31.2 Å². The molecule has 1 aliphatic rings. The predicted octanol–water partition coefficient (Wildman–Crippen LogP) is 3.01. The molecular weight excluding hydrogens is 274 g/mol. The molecule has 1 unspecified atom stereocenters. The maximum absolute atomic E-state index is 9.09. The fourth-order valence-electron chi connectivity index (χ4n) is 2.62. The summed E-state index contributed by atoms with van der Waals surface area (Å²) in [6.07, 6.45) is 12.0. The van der Waals surface area contributed by atoms with Gasteiger partial charge in [-0.15, -0.1) is 0 Å². The van der Waals surface area contributed by atoms with Crippen LogP contribution in [0.25, 0.3) is 6.08 Å². The van der Waals surface area contributed by atoms with Gasteiger partial charge in [-0.1, -0.05) is 48.1 Å². The van der Waals surface area contributed by atoms with Crippen molar-refractivity contribution in [1.82, 2.24) is 0 Å². The van der Waals surface area contributed by atoms with E-state index in [1.807, 2.05) is 17.0 Å². The van der Waals surface area contributed by atoms with Crippen LogP contribution in [0.1, 0.15) is 18.9 Å². The molecule has 0 spiro atoms. The summed E-state index contributed by atoms with van der Waals surface area (Å²) in [7, 11) is 0. The quantitative estimate of drug-likeness (QED) is 0.813. The van der Waals surface area contributed by atoms with Crippen LogP contribution in [0.4, 0.5) is 5.69 Å². The van der Waals surface area contributed by atoms with Gasteiger partial charge in [0.2, 0.25) is 0 Å². The molecule has 1 atom stereocenters. The fraction of sp³-hybridized carbons (Fsp3) is 0.368. The Bertz CT molecular complexity index is 537. The Hall–Kier alpha value is -1.84. The Morgan fingerprint density at radius 1 is 1.14 bits per heavy atom. The van der Waals surface area contributed by atoms with Crippen molar-refractivity contribution >= 4 is 11.8 Å². The van der Waals surface area contributed by atoms with E-state index in [1.165, 1.54) is 11.1 Å². The summed E-state index contributed by atoms with van der Waals surface area (Å²) < 4.78 is 0. The first-order valence-corrected chi connectivity index (χ1v) is 7.83. The lowest BCUT2D eigenvalue weighted by atomic mass is 9.92. The standard InChI is InChI=1S/C19H25NO2/c1-16-4-2-3-5-18(16)9-6-17-7-10-19(11-8-17)20(12-14-21)13-15-22/h2-4,6-11,18,21-22H,5,12-15H2,1H3. The summed E-state index contributed by atoms with van der Waals surface area (Å²) in [5, 5.41) is 18.2. The number of hydrogen-bond donors (Lipinski definition) is 2. The third-order valence-corrected chi connectivity index (χ3v) is 3.99. The molecule has 22 heavy (non-hydrogen) atoms. The first kappa shape index (κ1) is 16.5. The summed E-state index contributed by atoms with van der Waals surface area (Å²) in [5.41, 5.74) is 3.59. The zero-order valence-corrected chi connectivity index (χ0v) is 13.2. The highest BCUT2D eigenvalue weighted by Crippen LogP contribution is 2.23. The highest BCUT2D eigenvalue weighted by atomic mass is 16.3. The van der Waals surface area contributed by atoms with Gasteiger partial charge in [0.1, 0.15) is 0 Å². The van der Waals surface area contributed by atoms with Crippen molar-refractivity contribution in [3.8, 4) is 0 Å². The fourth-order valence-corrected chi connectivity index (χ4v) is 2.62. The van der Waals surface area contributed by atoms with E-state index in [9.17, 15) is 0 Å². The van der Waals surface area contributed by atoms with Gasteiger partial charge in [0.25, 0.3) is 0 Å². The van der Waals surface area contributed by atoms with Crippen LogP contribution in [0.3, 0.4) is 0 Å². The average Bonchev–Trinajstić information content (AvgIpc) is 2.54. The minimum atomic E-state index is 0.0858. The van der Waals surface area contributed by atoms with E-state index in [4.69, 9.17) is 10.2 Å². The average molecular weight is 299 g/mol. The van der Waals surface area contributed by atoms with E-state index < -0.39 is 0 Å². The molecule has 0 radical (unpaired) electrons. The number of benzene rings is 1. The maximum Gasteiger partial charge on any atom is 0.0606 e. The lowest BCUT2D eigenvalue weighted by molar-refractivity contribution is 0.281. The second-order valence-corrected chi connectivity index (χ2v) is 5.57. The van der Waals surface area contributed by atoms with Crippen LogP contribution in [0, 0.1) is 5.92 Å². The summed E-state index contributed by atoms with van der Waals surface area (Å²) in [6, 6.07) is 8.22. The van der Waals surface area contributed by atoms with E-state index >= 15 is 0 Å². The van der Waals surface area contributed by atoms with E-state index in [-0.39, 0.29) is 13.2 Å².